The highest BCUT2D eigenvalue weighted by Gasteiger charge is 2.09. The van der Waals surface area contributed by atoms with Crippen molar-refractivity contribution in [2.45, 2.75) is 33.0 Å². The first-order valence-corrected chi connectivity index (χ1v) is 7.60. The van der Waals surface area contributed by atoms with Crippen LogP contribution in [-0.2, 0) is 13.1 Å². The third kappa shape index (κ3) is 4.20. The molecular formula is C15H22N2OS. The Morgan fingerprint density at radius 2 is 2.16 bits per heavy atom. The van der Waals surface area contributed by atoms with E-state index >= 15 is 0 Å². The van der Waals surface area contributed by atoms with Gasteiger partial charge in [0.15, 0.2) is 0 Å². The molecule has 0 aliphatic heterocycles. The van der Waals surface area contributed by atoms with Crippen LogP contribution in [0.25, 0.3) is 0 Å². The first-order valence-electron chi connectivity index (χ1n) is 6.72. The number of rotatable bonds is 7. The summed E-state index contributed by atoms with van der Waals surface area (Å²) in [5, 5.41) is 15.2. The first-order chi connectivity index (χ1) is 9.16. The summed E-state index contributed by atoms with van der Waals surface area (Å²) < 4.78 is 2.25. The van der Waals surface area contributed by atoms with E-state index in [1.54, 1.807) is 11.3 Å². The number of hydrogen-bond acceptors (Lipinski definition) is 3. The predicted molar refractivity (Wildman–Crippen MR) is 80.4 cm³/mol. The Kier molecular flexibility index (Phi) is 5.19. The van der Waals surface area contributed by atoms with Gasteiger partial charge in [-0.3, -0.25) is 0 Å². The van der Waals surface area contributed by atoms with Crippen LogP contribution in [0.1, 0.15) is 24.4 Å². The number of nitrogens with one attached hydrogen (secondary N) is 1. The topological polar surface area (TPSA) is 37.2 Å². The zero-order valence-corrected chi connectivity index (χ0v) is 12.4. The quantitative estimate of drug-likeness (QED) is 0.817. The molecule has 0 spiro atoms. The van der Waals surface area contributed by atoms with Gasteiger partial charge >= 0.3 is 0 Å². The van der Waals surface area contributed by atoms with E-state index in [-0.39, 0.29) is 6.10 Å². The Balaban J connectivity index is 1.86. The SMILES string of the molecule is CC(C)C(O)CNCc1cccn1Cc1cccs1. The summed E-state index contributed by atoms with van der Waals surface area (Å²) >= 11 is 1.78. The smallest absolute Gasteiger partial charge is 0.0687 e. The molecule has 0 saturated heterocycles. The van der Waals surface area contributed by atoms with Crippen molar-refractivity contribution in [3.63, 3.8) is 0 Å². The van der Waals surface area contributed by atoms with Crippen molar-refractivity contribution in [3.8, 4) is 0 Å². The fourth-order valence-electron chi connectivity index (χ4n) is 1.92. The minimum atomic E-state index is -0.277. The lowest BCUT2D eigenvalue weighted by molar-refractivity contribution is 0.123. The fraction of sp³-hybridized carbons (Fsp3) is 0.467. The van der Waals surface area contributed by atoms with Crippen LogP contribution in [0.2, 0.25) is 0 Å². The third-order valence-electron chi connectivity index (χ3n) is 3.26. The summed E-state index contributed by atoms with van der Waals surface area (Å²) in [5.41, 5.74) is 1.25. The Hall–Kier alpha value is -1.10. The number of nitrogens with zero attached hydrogens (tertiary/aromatic N) is 1. The van der Waals surface area contributed by atoms with Crippen molar-refractivity contribution < 1.29 is 5.11 Å². The standard InChI is InChI=1S/C15H22N2OS/c1-12(2)15(18)10-16-9-13-5-3-7-17(13)11-14-6-4-8-19-14/h3-8,12,15-16,18H,9-11H2,1-2H3. The van der Waals surface area contributed by atoms with Gasteiger partial charge in [0.05, 0.1) is 12.6 Å². The molecule has 0 aliphatic rings. The molecule has 104 valence electrons. The van der Waals surface area contributed by atoms with E-state index in [1.807, 2.05) is 13.8 Å². The van der Waals surface area contributed by atoms with Gasteiger partial charge < -0.3 is 15.0 Å². The maximum atomic E-state index is 9.76. The Bertz CT molecular complexity index is 476. The van der Waals surface area contributed by atoms with Gasteiger partial charge in [0, 0.05) is 29.9 Å². The minimum absolute atomic E-state index is 0.277. The van der Waals surface area contributed by atoms with E-state index in [0.29, 0.717) is 12.5 Å². The van der Waals surface area contributed by atoms with Crippen LogP contribution in [0.3, 0.4) is 0 Å². The lowest BCUT2D eigenvalue weighted by Gasteiger charge is -2.15. The fourth-order valence-corrected chi connectivity index (χ4v) is 2.62. The molecule has 0 bridgehead atoms. The largest absolute Gasteiger partial charge is 0.392 e. The second-order valence-electron chi connectivity index (χ2n) is 5.15. The molecule has 0 saturated carbocycles. The highest BCUT2D eigenvalue weighted by molar-refractivity contribution is 7.09. The molecule has 2 rings (SSSR count). The summed E-state index contributed by atoms with van der Waals surface area (Å²) in [6.45, 7) is 6.43. The first kappa shape index (κ1) is 14.3. The molecular weight excluding hydrogens is 256 g/mol. The van der Waals surface area contributed by atoms with Crippen molar-refractivity contribution in [2.75, 3.05) is 6.54 Å². The molecule has 0 fully saturated rings. The molecule has 0 aromatic carbocycles. The van der Waals surface area contributed by atoms with Crippen LogP contribution in [0.4, 0.5) is 0 Å². The van der Waals surface area contributed by atoms with E-state index in [2.05, 4.69) is 45.7 Å². The molecule has 2 aromatic rings. The average Bonchev–Trinajstić information content (AvgIpc) is 3.02. The number of hydrogen-bond donors (Lipinski definition) is 2. The third-order valence-corrected chi connectivity index (χ3v) is 4.12. The van der Waals surface area contributed by atoms with Crippen molar-refractivity contribution >= 4 is 11.3 Å². The van der Waals surface area contributed by atoms with Gasteiger partial charge in [-0.25, -0.2) is 0 Å². The lowest BCUT2D eigenvalue weighted by atomic mass is 10.1. The van der Waals surface area contributed by atoms with Crippen molar-refractivity contribution in [2.24, 2.45) is 5.92 Å². The van der Waals surface area contributed by atoms with Gasteiger partial charge in [0.2, 0.25) is 0 Å². The highest BCUT2D eigenvalue weighted by Crippen LogP contribution is 2.13. The van der Waals surface area contributed by atoms with E-state index in [0.717, 1.165) is 13.1 Å². The van der Waals surface area contributed by atoms with E-state index in [1.165, 1.54) is 10.6 Å². The minimum Gasteiger partial charge on any atom is -0.392 e. The Labute approximate surface area is 118 Å². The average molecular weight is 278 g/mol. The van der Waals surface area contributed by atoms with Crippen LogP contribution in [0.5, 0.6) is 0 Å². The van der Waals surface area contributed by atoms with Crippen molar-refractivity contribution in [1.82, 2.24) is 9.88 Å². The molecule has 0 radical (unpaired) electrons. The van der Waals surface area contributed by atoms with Gasteiger partial charge in [-0.1, -0.05) is 19.9 Å². The summed E-state index contributed by atoms with van der Waals surface area (Å²) in [7, 11) is 0. The summed E-state index contributed by atoms with van der Waals surface area (Å²) in [6.07, 6.45) is 1.83. The van der Waals surface area contributed by atoms with Gasteiger partial charge in [-0.05, 0) is 29.5 Å². The van der Waals surface area contributed by atoms with Gasteiger partial charge in [0.1, 0.15) is 0 Å². The Morgan fingerprint density at radius 1 is 1.32 bits per heavy atom. The molecule has 1 atom stereocenters. The zero-order valence-electron chi connectivity index (χ0n) is 11.5. The molecule has 0 aliphatic carbocycles. The summed E-state index contributed by atoms with van der Waals surface area (Å²) in [6, 6.07) is 8.44. The Morgan fingerprint density at radius 3 is 2.84 bits per heavy atom. The second-order valence-corrected chi connectivity index (χ2v) is 6.18. The summed E-state index contributed by atoms with van der Waals surface area (Å²) in [4.78, 5) is 1.36. The maximum Gasteiger partial charge on any atom is 0.0687 e. The van der Waals surface area contributed by atoms with Crippen molar-refractivity contribution in [1.29, 1.82) is 0 Å². The lowest BCUT2D eigenvalue weighted by Crippen LogP contribution is -2.30. The second kappa shape index (κ2) is 6.89. The number of aliphatic hydroxyl groups excluding tert-OH is 1. The number of aliphatic hydroxyl groups is 1. The van der Waals surface area contributed by atoms with E-state index in [4.69, 9.17) is 0 Å². The van der Waals surface area contributed by atoms with E-state index < -0.39 is 0 Å². The van der Waals surface area contributed by atoms with Crippen LogP contribution in [-0.4, -0.2) is 22.3 Å². The summed E-state index contributed by atoms with van der Waals surface area (Å²) in [5.74, 6) is 0.297. The van der Waals surface area contributed by atoms with Gasteiger partial charge in [0.25, 0.3) is 0 Å². The molecule has 2 aromatic heterocycles. The van der Waals surface area contributed by atoms with Gasteiger partial charge in [-0.2, -0.15) is 0 Å². The van der Waals surface area contributed by atoms with Crippen LogP contribution in [0, 0.1) is 5.92 Å². The maximum absolute atomic E-state index is 9.76. The molecule has 2 N–H and O–H groups in total. The monoisotopic (exact) mass is 278 g/mol. The normalized spacial score (nSPS) is 13.1. The number of aromatic nitrogens is 1. The van der Waals surface area contributed by atoms with Crippen LogP contribution >= 0.6 is 11.3 Å². The number of thiophene rings is 1. The molecule has 3 nitrogen and oxygen atoms in total. The predicted octanol–water partition coefficient (Wildman–Crippen LogP) is 2.70. The molecule has 2 heterocycles. The highest BCUT2D eigenvalue weighted by atomic mass is 32.1. The molecule has 0 amide bonds. The van der Waals surface area contributed by atoms with Crippen LogP contribution < -0.4 is 5.32 Å². The van der Waals surface area contributed by atoms with Crippen molar-refractivity contribution in [3.05, 3.63) is 46.4 Å². The van der Waals surface area contributed by atoms with Crippen LogP contribution in [0.15, 0.2) is 35.8 Å². The molecule has 19 heavy (non-hydrogen) atoms. The van der Waals surface area contributed by atoms with Gasteiger partial charge in [-0.15, -0.1) is 11.3 Å². The molecule has 1 unspecified atom stereocenters. The van der Waals surface area contributed by atoms with E-state index in [9.17, 15) is 5.11 Å². The molecule has 4 heteroatoms. The zero-order chi connectivity index (χ0) is 13.7.